The van der Waals surface area contributed by atoms with E-state index in [0.717, 1.165) is 16.2 Å². The van der Waals surface area contributed by atoms with Crippen LogP contribution in [0.1, 0.15) is 14.5 Å². The molecule has 0 amide bonds. The number of carbonyl (C=O) groups is 1. The van der Waals surface area contributed by atoms with E-state index in [1.54, 1.807) is 6.20 Å². The Labute approximate surface area is 109 Å². The van der Waals surface area contributed by atoms with Crippen LogP contribution in [0.15, 0.2) is 12.4 Å². The normalized spacial score (nSPS) is 10.4. The molecule has 84 valence electrons. The monoisotopic (exact) mass is 294 g/mol. The number of ether oxygens (including phenoxy) is 1. The van der Waals surface area contributed by atoms with Crippen LogP contribution in [-0.4, -0.2) is 15.9 Å². The molecule has 0 aromatic carbocycles. The van der Waals surface area contributed by atoms with E-state index in [1.165, 1.54) is 17.5 Å². The maximum atomic E-state index is 11.5. The van der Waals surface area contributed by atoms with Crippen LogP contribution in [0.25, 0.3) is 0 Å². The van der Waals surface area contributed by atoms with Gasteiger partial charge in [-0.3, -0.25) is 0 Å². The Morgan fingerprint density at radius 3 is 2.50 bits per heavy atom. The summed E-state index contributed by atoms with van der Waals surface area (Å²) in [7, 11) is 0. The largest absolute Gasteiger partial charge is 0.456 e. The van der Waals surface area contributed by atoms with Crippen LogP contribution in [0.3, 0.4) is 0 Å². The Kier molecular flexibility index (Phi) is 3.75. The van der Waals surface area contributed by atoms with E-state index in [-0.39, 0.29) is 6.61 Å². The summed E-state index contributed by atoms with van der Waals surface area (Å²) in [6, 6.07) is 0. The standard InChI is InChI=1S/C8H4Cl2N2O2S2/c9-7-11-1-4(15-7)3-14-6(13)5-2-12-8(10)16-5/h1-2H,3H2. The molecule has 0 atom stereocenters. The molecule has 0 spiro atoms. The van der Waals surface area contributed by atoms with E-state index in [1.807, 2.05) is 0 Å². The van der Waals surface area contributed by atoms with E-state index in [4.69, 9.17) is 27.9 Å². The van der Waals surface area contributed by atoms with Crippen molar-refractivity contribution in [2.45, 2.75) is 6.61 Å². The van der Waals surface area contributed by atoms with Crippen LogP contribution in [0, 0.1) is 0 Å². The van der Waals surface area contributed by atoms with Crippen LogP contribution in [0.5, 0.6) is 0 Å². The lowest BCUT2D eigenvalue weighted by atomic mass is 10.5. The predicted octanol–water partition coefficient (Wildman–Crippen LogP) is 3.26. The second kappa shape index (κ2) is 5.09. The molecule has 2 rings (SSSR count). The van der Waals surface area contributed by atoms with Gasteiger partial charge in [-0.2, -0.15) is 0 Å². The van der Waals surface area contributed by atoms with Gasteiger partial charge in [-0.1, -0.05) is 34.5 Å². The zero-order chi connectivity index (χ0) is 11.5. The van der Waals surface area contributed by atoms with Crippen molar-refractivity contribution in [3.63, 3.8) is 0 Å². The van der Waals surface area contributed by atoms with Gasteiger partial charge < -0.3 is 4.74 Å². The molecule has 8 heteroatoms. The summed E-state index contributed by atoms with van der Waals surface area (Å²) < 4.78 is 5.76. The third kappa shape index (κ3) is 2.91. The highest BCUT2D eigenvalue weighted by atomic mass is 35.5. The summed E-state index contributed by atoms with van der Waals surface area (Å²) in [4.78, 5) is 20.2. The molecule has 2 aromatic heterocycles. The molecule has 2 aromatic rings. The minimum atomic E-state index is -0.450. The van der Waals surface area contributed by atoms with Gasteiger partial charge in [-0.15, -0.1) is 11.3 Å². The topological polar surface area (TPSA) is 52.1 Å². The second-order valence-electron chi connectivity index (χ2n) is 2.63. The number of thiazole rings is 2. The Hall–Kier alpha value is -0.690. The quantitative estimate of drug-likeness (QED) is 0.816. The zero-order valence-electron chi connectivity index (χ0n) is 7.65. The first-order valence-electron chi connectivity index (χ1n) is 4.04. The van der Waals surface area contributed by atoms with Gasteiger partial charge in [0.2, 0.25) is 0 Å². The molecule has 0 unspecified atom stereocenters. The molecule has 2 heterocycles. The molecule has 4 nitrogen and oxygen atoms in total. The highest BCUT2D eigenvalue weighted by Gasteiger charge is 2.12. The SMILES string of the molecule is O=C(OCc1cnc(Cl)s1)c1cnc(Cl)s1. The number of halogens is 2. The molecular formula is C8H4Cl2N2O2S2. The average Bonchev–Trinajstić information content (AvgIpc) is 2.84. The molecule has 0 aliphatic rings. The number of aromatic nitrogens is 2. The fourth-order valence-electron chi connectivity index (χ4n) is 0.905. The maximum Gasteiger partial charge on any atom is 0.350 e. The average molecular weight is 295 g/mol. The van der Waals surface area contributed by atoms with Crippen LogP contribution >= 0.6 is 45.9 Å². The van der Waals surface area contributed by atoms with E-state index in [2.05, 4.69) is 9.97 Å². The Bertz CT molecular complexity index is 512. The maximum absolute atomic E-state index is 11.5. The predicted molar refractivity (Wildman–Crippen MR) is 63.4 cm³/mol. The number of hydrogen-bond donors (Lipinski definition) is 0. The number of rotatable bonds is 3. The molecule has 0 radical (unpaired) electrons. The summed E-state index contributed by atoms with van der Waals surface area (Å²) in [6.45, 7) is 0.152. The molecule has 0 saturated carbocycles. The van der Waals surface area contributed by atoms with Crippen molar-refractivity contribution in [2.24, 2.45) is 0 Å². The highest BCUT2D eigenvalue weighted by molar-refractivity contribution is 7.17. The summed E-state index contributed by atoms with van der Waals surface area (Å²) >= 11 is 13.6. The second-order valence-corrected chi connectivity index (χ2v) is 5.94. The number of carbonyl (C=O) groups excluding carboxylic acids is 1. The van der Waals surface area contributed by atoms with Gasteiger partial charge in [0.05, 0.1) is 11.1 Å². The summed E-state index contributed by atoms with van der Waals surface area (Å²) in [5, 5.41) is 0. The molecule has 0 saturated heterocycles. The zero-order valence-corrected chi connectivity index (χ0v) is 10.8. The lowest BCUT2D eigenvalue weighted by molar-refractivity contribution is 0.0482. The van der Waals surface area contributed by atoms with E-state index in [9.17, 15) is 4.79 Å². The lowest BCUT2D eigenvalue weighted by Gasteiger charge is -1.98. The van der Waals surface area contributed by atoms with Gasteiger partial charge in [0.25, 0.3) is 0 Å². The highest BCUT2D eigenvalue weighted by Crippen LogP contribution is 2.21. The van der Waals surface area contributed by atoms with Crippen LogP contribution in [0.2, 0.25) is 8.93 Å². The van der Waals surface area contributed by atoms with Gasteiger partial charge in [0.1, 0.15) is 11.5 Å². The van der Waals surface area contributed by atoms with Gasteiger partial charge in [-0.05, 0) is 0 Å². The third-order valence-electron chi connectivity index (χ3n) is 1.55. The first kappa shape index (κ1) is 11.8. The van der Waals surface area contributed by atoms with Crippen molar-refractivity contribution < 1.29 is 9.53 Å². The van der Waals surface area contributed by atoms with E-state index >= 15 is 0 Å². The Balaban J connectivity index is 1.93. The van der Waals surface area contributed by atoms with Crippen LogP contribution < -0.4 is 0 Å². The summed E-state index contributed by atoms with van der Waals surface area (Å²) in [5.74, 6) is -0.450. The first-order valence-corrected chi connectivity index (χ1v) is 6.42. The Morgan fingerprint density at radius 2 is 1.94 bits per heavy atom. The molecule has 0 bridgehead atoms. The van der Waals surface area contributed by atoms with Crippen molar-refractivity contribution in [3.05, 3.63) is 31.1 Å². The first-order chi connectivity index (χ1) is 7.65. The molecule has 0 aliphatic heterocycles. The van der Waals surface area contributed by atoms with Gasteiger partial charge >= 0.3 is 5.97 Å². The lowest BCUT2D eigenvalue weighted by Crippen LogP contribution is -2.02. The molecular weight excluding hydrogens is 291 g/mol. The molecule has 0 N–H and O–H groups in total. The fourth-order valence-corrected chi connectivity index (χ4v) is 2.63. The molecule has 0 fully saturated rings. The number of hydrogen-bond acceptors (Lipinski definition) is 6. The van der Waals surface area contributed by atoms with Crippen LogP contribution in [-0.2, 0) is 11.3 Å². The molecule has 0 aliphatic carbocycles. The van der Waals surface area contributed by atoms with Gasteiger partial charge in [0, 0.05) is 6.20 Å². The van der Waals surface area contributed by atoms with Crippen molar-refractivity contribution in [1.82, 2.24) is 9.97 Å². The minimum absolute atomic E-state index is 0.152. The van der Waals surface area contributed by atoms with Crippen LogP contribution in [0.4, 0.5) is 0 Å². The van der Waals surface area contributed by atoms with Crippen molar-refractivity contribution >= 4 is 51.8 Å². The van der Waals surface area contributed by atoms with Crippen molar-refractivity contribution in [2.75, 3.05) is 0 Å². The van der Waals surface area contributed by atoms with E-state index < -0.39 is 5.97 Å². The fraction of sp³-hybridized carbons (Fsp3) is 0.125. The van der Waals surface area contributed by atoms with Crippen molar-refractivity contribution in [1.29, 1.82) is 0 Å². The number of esters is 1. The van der Waals surface area contributed by atoms with Gasteiger partial charge in [-0.25, -0.2) is 14.8 Å². The van der Waals surface area contributed by atoms with Crippen molar-refractivity contribution in [3.8, 4) is 0 Å². The third-order valence-corrected chi connectivity index (χ3v) is 3.73. The summed E-state index contributed by atoms with van der Waals surface area (Å²) in [6.07, 6.45) is 2.95. The smallest absolute Gasteiger partial charge is 0.350 e. The number of nitrogens with zero attached hydrogens (tertiary/aromatic N) is 2. The summed E-state index contributed by atoms with van der Waals surface area (Å²) in [5.41, 5.74) is 0. The Morgan fingerprint density at radius 1 is 1.25 bits per heavy atom. The van der Waals surface area contributed by atoms with E-state index in [0.29, 0.717) is 13.8 Å². The minimum Gasteiger partial charge on any atom is -0.456 e. The van der Waals surface area contributed by atoms with Gasteiger partial charge in [0.15, 0.2) is 8.93 Å². The molecule has 16 heavy (non-hydrogen) atoms.